The van der Waals surface area contributed by atoms with E-state index in [9.17, 15) is 9.59 Å². The molecule has 0 saturated carbocycles. The molecule has 2 heterocycles. The highest BCUT2D eigenvalue weighted by Crippen LogP contribution is 2.17. The summed E-state index contributed by atoms with van der Waals surface area (Å²) in [5.74, 6) is 0. The van der Waals surface area contributed by atoms with E-state index in [1.54, 1.807) is 19.6 Å². The Labute approximate surface area is 145 Å². The van der Waals surface area contributed by atoms with Crippen molar-refractivity contribution in [3.63, 3.8) is 0 Å². The highest BCUT2D eigenvalue weighted by atomic mass is 16.2. The van der Waals surface area contributed by atoms with Gasteiger partial charge in [0.2, 0.25) is 0 Å². The van der Waals surface area contributed by atoms with Crippen molar-refractivity contribution < 1.29 is 0 Å². The van der Waals surface area contributed by atoms with Crippen LogP contribution < -0.4 is 16.6 Å². The molecule has 130 valence electrons. The lowest BCUT2D eigenvalue weighted by Gasteiger charge is -2.17. The van der Waals surface area contributed by atoms with Crippen LogP contribution in [0.5, 0.6) is 0 Å². The van der Waals surface area contributed by atoms with Crippen LogP contribution in [0.15, 0.2) is 58.6 Å². The third-order valence-corrected chi connectivity index (χ3v) is 4.39. The number of nitrogens with zero attached hydrogens (tertiary/aromatic N) is 4. The second-order valence-electron chi connectivity index (χ2n) is 6.04. The number of nitrogens with one attached hydrogen (secondary N) is 1. The molecule has 0 fully saturated rings. The van der Waals surface area contributed by atoms with E-state index < -0.39 is 0 Å². The Hall–Kier alpha value is -2.93. The molecule has 0 bridgehead atoms. The molecule has 1 aromatic carbocycles. The predicted molar refractivity (Wildman–Crippen MR) is 95.7 cm³/mol. The molecule has 25 heavy (non-hydrogen) atoms. The molecule has 7 nitrogen and oxygen atoms in total. The van der Waals surface area contributed by atoms with Crippen molar-refractivity contribution in [1.29, 1.82) is 0 Å². The topological polar surface area (TPSA) is 73.8 Å². The van der Waals surface area contributed by atoms with E-state index in [0.29, 0.717) is 12.2 Å². The molecule has 3 rings (SSSR count). The van der Waals surface area contributed by atoms with Gasteiger partial charge in [0, 0.05) is 56.5 Å². The summed E-state index contributed by atoms with van der Waals surface area (Å²) < 4.78 is 4.53. The van der Waals surface area contributed by atoms with Crippen molar-refractivity contribution in [3.05, 3.63) is 81.1 Å². The first-order valence-corrected chi connectivity index (χ1v) is 8.05. The summed E-state index contributed by atoms with van der Waals surface area (Å²) in [6.45, 7) is 2.48. The van der Waals surface area contributed by atoms with Crippen molar-refractivity contribution in [1.82, 2.24) is 24.0 Å². The zero-order chi connectivity index (χ0) is 18.0. The first-order valence-electron chi connectivity index (χ1n) is 8.05. The molecule has 0 aliphatic heterocycles. The van der Waals surface area contributed by atoms with Gasteiger partial charge >= 0.3 is 5.69 Å². The molecule has 0 aliphatic rings. The van der Waals surface area contributed by atoms with Crippen LogP contribution in [0.1, 0.15) is 24.2 Å². The Bertz CT molecular complexity index is 985. The quantitative estimate of drug-likeness (QED) is 0.756. The van der Waals surface area contributed by atoms with Gasteiger partial charge in [0.05, 0.1) is 6.33 Å². The summed E-state index contributed by atoms with van der Waals surface area (Å²) in [5.41, 5.74) is 2.18. The van der Waals surface area contributed by atoms with E-state index in [-0.39, 0.29) is 17.3 Å². The van der Waals surface area contributed by atoms with E-state index in [2.05, 4.69) is 16.4 Å². The Morgan fingerprint density at radius 1 is 1.16 bits per heavy atom. The minimum Gasteiger partial charge on any atom is -0.306 e. The van der Waals surface area contributed by atoms with Crippen molar-refractivity contribution in [2.75, 3.05) is 0 Å². The van der Waals surface area contributed by atoms with Gasteiger partial charge in [0.25, 0.3) is 5.56 Å². The fourth-order valence-electron chi connectivity index (χ4n) is 2.69. The van der Waals surface area contributed by atoms with Gasteiger partial charge < -0.3 is 9.88 Å². The second kappa shape index (κ2) is 6.90. The maximum absolute atomic E-state index is 12.0. The largest absolute Gasteiger partial charge is 0.330 e. The molecular weight excluding hydrogens is 318 g/mol. The van der Waals surface area contributed by atoms with Crippen molar-refractivity contribution in [2.24, 2.45) is 14.1 Å². The molecule has 2 aromatic heterocycles. The number of aromatic nitrogens is 4. The molecule has 3 aromatic rings. The fourth-order valence-corrected chi connectivity index (χ4v) is 2.69. The van der Waals surface area contributed by atoms with E-state index >= 15 is 0 Å². The highest BCUT2D eigenvalue weighted by Gasteiger charge is 2.10. The van der Waals surface area contributed by atoms with E-state index in [1.807, 2.05) is 35.9 Å². The molecule has 0 spiro atoms. The van der Waals surface area contributed by atoms with Crippen LogP contribution in [0, 0.1) is 0 Å². The molecule has 0 saturated heterocycles. The zero-order valence-electron chi connectivity index (χ0n) is 14.5. The molecule has 0 radical (unpaired) electrons. The van der Waals surface area contributed by atoms with Crippen LogP contribution in [-0.4, -0.2) is 18.7 Å². The molecule has 7 heteroatoms. The third kappa shape index (κ3) is 3.46. The Morgan fingerprint density at radius 3 is 2.68 bits per heavy atom. The predicted octanol–water partition coefficient (Wildman–Crippen LogP) is 1.12. The first kappa shape index (κ1) is 16.9. The molecule has 0 amide bonds. The van der Waals surface area contributed by atoms with Crippen LogP contribution in [0.3, 0.4) is 0 Å². The van der Waals surface area contributed by atoms with Crippen LogP contribution in [-0.2, 0) is 20.6 Å². The summed E-state index contributed by atoms with van der Waals surface area (Å²) >= 11 is 0. The van der Waals surface area contributed by atoms with Gasteiger partial charge in [-0.25, -0.2) is 9.78 Å². The Balaban J connectivity index is 1.78. The fraction of sp³-hybridized carbons (Fsp3) is 0.278. The zero-order valence-corrected chi connectivity index (χ0v) is 14.5. The van der Waals surface area contributed by atoms with Gasteiger partial charge in [-0.1, -0.05) is 12.1 Å². The minimum atomic E-state index is -0.320. The van der Waals surface area contributed by atoms with Crippen LogP contribution in [0.4, 0.5) is 0 Å². The lowest BCUT2D eigenvalue weighted by atomic mass is 10.1. The normalized spacial score (nSPS) is 12.3. The lowest BCUT2D eigenvalue weighted by Crippen LogP contribution is -2.39. The van der Waals surface area contributed by atoms with E-state index in [4.69, 9.17) is 0 Å². The molecular formula is C18H21N5O2. The van der Waals surface area contributed by atoms with Gasteiger partial charge in [-0.05, 0) is 24.6 Å². The van der Waals surface area contributed by atoms with Gasteiger partial charge in [0.1, 0.15) is 0 Å². The minimum absolute atomic E-state index is 0.0580. The van der Waals surface area contributed by atoms with Crippen LogP contribution in [0.25, 0.3) is 5.69 Å². The molecule has 0 unspecified atom stereocenters. The number of hydrogen-bond acceptors (Lipinski definition) is 4. The summed E-state index contributed by atoms with van der Waals surface area (Å²) in [6.07, 6.45) is 5.39. The molecule has 1 N–H and O–H groups in total. The van der Waals surface area contributed by atoms with Crippen molar-refractivity contribution in [3.8, 4) is 5.69 Å². The number of rotatable bonds is 5. The average molecular weight is 339 g/mol. The van der Waals surface area contributed by atoms with Crippen molar-refractivity contribution in [2.45, 2.75) is 19.5 Å². The standard InChI is InChI=1S/C18H21N5O2/c1-13(14-5-4-6-15(9-14)23-8-7-19-12-23)20-11-16-10-17(24)22(3)18(25)21(16)2/h4-10,12-13,20H,11H2,1-3H3/t13-/m1/s1. The Kier molecular flexibility index (Phi) is 4.67. The number of hydrogen-bond donors (Lipinski definition) is 1. The summed E-state index contributed by atoms with van der Waals surface area (Å²) in [6, 6.07) is 9.69. The van der Waals surface area contributed by atoms with E-state index in [0.717, 1.165) is 15.8 Å². The SMILES string of the molecule is C[C@@H](NCc1cc(=O)n(C)c(=O)n1C)c1cccc(-n2ccnc2)c1. The van der Waals surface area contributed by atoms with Crippen LogP contribution >= 0.6 is 0 Å². The molecule has 0 aliphatic carbocycles. The Morgan fingerprint density at radius 2 is 1.96 bits per heavy atom. The average Bonchev–Trinajstić information content (AvgIpc) is 3.16. The monoisotopic (exact) mass is 339 g/mol. The van der Waals surface area contributed by atoms with Gasteiger partial charge in [0.15, 0.2) is 0 Å². The van der Waals surface area contributed by atoms with Gasteiger partial charge in [-0.15, -0.1) is 0 Å². The van der Waals surface area contributed by atoms with Crippen LogP contribution in [0.2, 0.25) is 0 Å². The summed E-state index contributed by atoms with van der Waals surface area (Å²) in [4.78, 5) is 27.9. The lowest BCUT2D eigenvalue weighted by molar-refractivity contribution is 0.540. The smallest absolute Gasteiger partial charge is 0.306 e. The molecule has 1 atom stereocenters. The highest BCUT2D eigenvalue weighted by molar-refractivity contribution is 5.37. The third-order valence-electron chi connectivity index (χ3n) is 4.39. The van der Waals surface area contributed by atoms with E-state index in [1.165, 1.54) is 17.7 Å². The van der Waals surface area contributed by atoms with Gasteiger partial charge in [-0.3, -0.25) is 13.9 Å². The maximum atomic E-state index is 12.0. The summed E-state index contributed by atoms with van der Waals surface area (Å²) in [5, 5.41) is 3.37. The second-order valence-corrected chi connectivity index (χ2v) is 6.04. The van der Waals surface area contributed by atoms with Crippen molar-refractivity contribution >= 4 is 0 Å². The number of benzene rings is 1. The maximum Gasteiger partial charge on any atom is 0.330 e. The summed E-state index contributed by atoms with van der Waals surface area (Å²) in [7, 11) is 3.15. The first-order chi connectivity index (χ1) is 12.0. The van der Waals surface area contributed by atoms with Gasteiger partial charge in [-0.2, -0.15) is 0 Å². The number of imidazole rings is 1.